The molecule has 1 rings (SSSR count). The van der Waals surface area contributed by atoms with E-state index in [4.69, 9.17) is 14.9 Å². The summed E-state index contributed by atoms with van der Waals surface area (Å²) < 4.78 is 61.9. The van der Waals surface area contributed by atoms with Crippen molar-refractivity contribution in [2.75, 3.05) is 5.43 Å². The van der Waals surface area contributed by atoms with E-state index in [1.54, 1.807) is 0 Å². The van der Waals surface area contributed by atoms with Gasteiger partial charge in [0.2, 0.25) is 0 Å². The summed E-state index contributed by atoms with van der Waals surface area (Å²) in [5.41, 5.74) is 1.44. The van der Waals surface area contributed by atoms with Crippen LogP contribution in [0.5, 0.6) is 0 Å². The Kier molecular flexibility index (Phi) is 3.45. The summed E-state index contributed by atoms with van der Waals surface area (Å²) in [4.78, 5) is -1.46. The van der Waals surface area contributed by atoms with Crippen molar-refractivity contribution >= 4 is 25.9 Å². The molecule has 0 spiro atoms. The van der Waals surface area contributed by atoms with Gasteiger partial charge in [-0.15, -0.1) is 0 Å². The molecule has 5 N–H and O–H groups in total. The van der Waals surface area contributed by atoms with Gasteiger partial charge in [-0.1, -0.05) is 0 Å². The summed E-state index contributed by atoms with van der Waals surface area (Å²) in [5, 5.41) is 0. The Morgan fingerprint density at radius 1 is 1.06 bits per heavy atom. The maximum atomic E-state index is 11.0. The zero-order valence-corrected chi connectivity index (χ0v) is 10.2. The van der Waals surface area contributed by atoms with Gasteiger partial charge in [0.15, 0.2) is 0 Å². The van der Waals surface area contributed by atoms with Crippen LogP contribution in [0.4, 0.5) is 5.69 Å². The van der Waals surface area contributed by atoms with Gasteiger partial charge in [0.1, 0.15) is 9.79 Å². The topological polar surface area (TPSA) is 147 Å². The molecule has 0 aromatic heterocycles. The predicted molar refractivity (Wildman–Crippen MR) is 58.6 cm³/mol. The van der Waals surface area contributed by atoms with Crippen molar-refractivity contribution in [2.45, 2.75) is 16.7 Å². The van der Waals surface area contributed by atoms with Crippen LogP contribution in [0.3, 0.4) is 0 Å². The minimum absolute atomic E-state index is 0.212. The molecule has 0 unspecified atom stereocenters. The van der Waals surface area contributed by atoms with Gasteiger partial charge >= 0.3 is 0 Å². The van der Waals surface area contributed by atoms with Gasteiger partial charge in [0.25, 0.3) is 20.2 Å². The highest BCUT2D eigenvalue weighted by Crippen LogP contribution is 2.29. The molecule has 10 heteroatoms. The lowest BCUT2D eigenvalue weighted by Crippen LogP contribution is -2.16. The van der Waals surface area contributed by atoms with Crippen LogP contribution in [0, 0.1) is 6.92 Å². The molecular weight excluding hydrogens is 272 g/mol. The molecule has 0 bridgehead atoms. The zero-order valence-electron chi connectivity index (χ0n) is 8.58. The van der Waals surface area contributed by atoms with E-state index in [0.717, 1.165) is 12.1 Å². The zero-order chi connectivity index (χ0) is 13.4. The van der Waals surface area contributed by atoms with Crippen LogP contribution in [0.1, 0.15) is 5.56 Å². The first-order valence-electron chi connectivity index (χ1n) is 4.13. The summed E-state index contributed by atoms with van der Waals surface area (Å²) >= 11 is 0. The lowest BCUT2D eigenvalue weighted by atomic mass is 10.2. The standard InChI is InChI=1S/C7H10N2O6S2/c1-4-2-5(16(10,11)12)7(9-8)6(3-4)17(13,14)15/h2-3,9H,8H2,1H3,(H,10,11,12)(H,13,14,15). The van der Waals surface area contributed by atoms with Crippen LogP contribution in [-0.2, 0) is 20.2 Å². The first-order chi connectivity index (χ1) is 7.57. The first-order valence-corrected chi connectivity index (χ1v) is 7.01. The number of aryl methyl sites for hydroxylation is 1. The van der Waals surface area contributed by atoms with Crippen LogP contribution in [0.15, 0.2) is 21.9 Å². The second-order valence-corrected chi connectivity index (χ2v) is 6.01. The van der Waals surface area contributed by atoms with Crippen molar-refractivity contribution in [1.82, 2.24) is 0 Å². The second kappa shape index (κ2) is 4.23. The third-order valence-electron chi connectivity index (χ3n) is 1.91. The van der Waals surface area contributed by atoms with Gasteiger partial charge in [0.05, 0.1) is 5.69 Å². The van der Waals surface area contributed by atoms with Gasteiger partial charge in [-0.3, -0.25) is 14.9 Å². The third kappa shape index (κ3) is 2.92. The van der Waals surface area contributed by atoms with E-state index in [2.05, 4.69) is 0 Å². The lowest BCUT2D eigenvalue weighted by molar-refractivity contribution is 0.481. The minimum atomic E-state index is -4.67. The third-order valence-corrected chi connectivity index (χ3v) is 3.67. The summed E-state index contributed by atoms with van der Waals surface area (Å²) in [6, 6.07) is 2.03. The molecule has 1 aromatic rings. The van der Waals surface area contributed by atoms with Gasteiger partial charge in [-0.25, -0.2) is 0 Å². The van der Waals surface area contributed by atoms with Crippen molar-refractivity contribution in [2.24, 2.45) is 5.84 Å². The fourth-order valence-electron chi connectivity index (χ4n) is 1.27. The lowest BCUT2D eigenvalue weighted by Gasteiger charge is -2.11. The van der Waals surface area contributed by atoms with Crippen molar-refractivity contribution in [3.05, 3.63) is 17.7 Å². The molecule has 1 aromatic carbocycles. The fraction of sp³-hybridized carbons (Fsp3) is 0.143. The van der Waals surface area contributed by atoms with E-state index in [1.807, 2.05) is 5.43 Å². The molecule has 0 radical (unpaired) electrons. The van der Waals surface area contributed by atoms with E-state index < -0.39 is 35.7 Å². The monoisotopic (exact) mass is 282 g/mol. The molecule has 8 nitrogen and oxygen atoms in total. The molecular formula is C7H10N2O6S2. The number of anilines is 1. The highest BCUT2D eigenvalue weighted by molar-refractivity contribution is 7.87. The molecule has 0 saturated carbocycles. The maximum Gasteiger partial charge on any atom is 0.296 e. The van der Waals surface area contributed by atoms with Crippen molar-refractivity contribution in [1.29, 1.82) is 0 Å². The Bertz CT molecular complexity index is 596. The average Bonchev–Trinajstić information content (AvgIpc) is 2.13. The van der Waals surface area contributed by atoms with Gasteiger partial charge in [-0.2, -0.15) is 16.8 Å². The molecule has 96 valence electrons. The normalized spacial score (nSPS) is 12.5. The molecule has 17 heavy (non-hydrogen) atoms. The number of nitrogens with two attached hydrogens (primary N) is 1. The first kappa shape index (κ1) is 13.9. The Hall–Kier alpha value is -1.20. The van der Waals surface area contributed by atoms with E-state index in [1.165, 1.54) is 6.92 Å². The molecule has 0 aliphatic heterocycles. The molecule has 0 aliphatic rings. The molecule has 0 atom stereocenters. The summed E-state index contributed by atoms with van der Waals surface area (Å²) in [7, 11) is -9.34. The number of hydrogen-bond acceptors (Lipinski definition) is 6. The van der Waals surface area contributed by atoms with Crippen LogP contribution >= 0.6 is 0 Å². The Morgan fingerprint density at radius 3 is 1.65 bits per heavy atom. The van der Waals surface area contributed by atoms with Gasteiger partial charge in [0, 0.05) is 0 Å². The van der Waals surface area contributed by atoms with E-state index in [9.17, 15) is 16.8 Å². The van der Waals surface area contributed by atoms with Crippen molar-refractivity contribution in [3.63, 3.8) is 0 Å². The number of nitrogen functional groups attached to an aromatic ring is 1. The molecule has 0 aliphatic carbocycles. The highest BCUT2D eigenvalue weighted by atomic mass is 32.2. The Balaban J connectivity index is 3.83. The number of hydrogen-bond donors (Lipinski definition) is 4. The number of nitrogens with one attached hydrogen (secondary N) is 1. The van der Waals surface area contributed by atoms with Crippen molar-refractivity contribution < 1.29 is 25.9 Å². The highest BCUT2D eigenvalue weighted by Gasteiger charge is 2.24. The average molecular weight is 282 g/mol. The number of benzene rings is 1. The largest absolute Gasteiger partial charge is 0.322 e. The van der Waals surface area contributed by atoms with Crippen LogP contribution < -0.4 is 11.3 Å². The van der Waals surface area contributed by atoms with Crippen molar-refractivity contribution in [3.8, 4) is 0 Å². The Morgan fingerprint density at radius 2 is 1.41 bits per heavy atom. The minimum Gasteiger partial charge on any atom is -0.322 e. The predicted octanol–water partition coefficient (Wildman–Crippen LogP) is -0.226. The SMILES string of the molecule is Cc1cc(S(=O)(=O)O)c(NN)c(S(=O)(=O)O)c1. The van der Waals surface area contributed by atoms with Gasteiger partial charge < -0.3 is 5.43 Å². The summed E-state index contributed by atoms with van der Waals surface area (Å²) in [5.74, 6) is 4.99. The smallest absolute Gasteiger partial charge is 0.296 e. The summed E-state index contributed by atoms with van der Waals surface area (Å²) in [6.07, 6.45) is 0. The summed E-state index contributed by atoms with van der Waals surface area (Å²) in [6.45, 7) is 1.39. The second-order valence-electron chi connectivity index (χ2n) is 3.23. The van der Waals surface area contributed by atoms with Gasteiger partial charge in [-0.05, 0) is 24.6 Å². The van der Waals surface area contributed by atoms with Crippen LogP contribution in [0.2, 0.25) is 0 Å². The maximum absolute atomic E-state index is 11.0. The Labute approximate surface area is 97.9 Å². The fourth-order valence-corrected chi connectivity index (χ4v) is 2.86. The van der Waals surface area contributed by atoms with E-state index in [-0.39, 0.29) is 5.56 Å². The molecule has 0 saturated heterocycles. The quantitative estimate of drug-likeness (QED) is 0.338. The van der Waals surface area contributed by atoms with Crippen LogP contribution in [0.25, 0.3) is 0 Å². The molecule has 0 fully saturated rings. The van der Waals surface area contributed by atoms with E-state index >= 15 is 0 Å². The van der Waals surface area contributed by atoms with Crippen LogP contribution in [-0.4, -0.2) is 25.9 Å². The molecule has 0 amide bonds. The number of hydrazine groups is 1. The number of rotatable bonds is 3. The van der Waals surface area contributed by atoms with E-state index in [0.29, 0.717) is 0 Å². The molecule has 0 heterocycles.